The number of thiazole rings is 1. The van der Waals surface area contributed by atoms with Crippen LogP contribution in [0.1, 0.15) is 37.9 Å². The summed E-state index contributed by atoms with van der Waals surface area (Å²) >= 11 is 3.02. The average Bonchev–Trinajstić information content (AvgIpc) is 3.25. The Morgan fingerprint density at radius 1 is 1.10 bits per heavy atom. The number of hydrogen-bond donors (Lipinski definition) is 1. The van der Waals surface area contributed by atoms with Crippen LogP contribution in [0.2, 0.25) is 0 Å². The Balaban J connectivity index is 1.38. The van der Waals surface area contributed by atoms with E-state index in [2.05, 4.69) is 65.8 Å². The molecule has 0 unspecified atom stereocenters. The maximum atomic E-state index is 12.5. The van der Waals surface area contributed by atoms with E-state index in [-0.39, 0.29) is 11.9 Å². The van der Waals surface area contributed by atoms with Crippen LogP contribution in [0.3, 0.4) is 0 Å². The summed E-state index contributed by atoms with van der Waals surface area (Å²) in [4.78, 5) is 13.3. The molecular formula is C22H24N4OS2. The zero-order chi connectivity index (χ0) is 20.4. The Morgan fingerprint density at radius 2 is 1.86 bits per heavy atom. The molecule has 4 aromatic rings. The van der Waals surface area contributed by atoms with Gasteiger partial charge in [-0.15, -0.1) is 10.2 Å². The number of benzene rings is 2. The van der Waals surface area contributed by atoms with Gasteiger partial charge in [-0.25, -0.2) is 0 Å². The van der Waals surface area contributed by atoms with Crippen molar-refractivity contribution < 1.29 is 4.79 Å². The van der Waals surface area contributed by atoms with E-state index in [1.165, 1.54) is 22.0 Å². The summed E-state index contributed by atoms with van der Waals surface area (Å²) in [5.41, 5.74) is 3.52. The second-order valence-electron chi connectivity index (χ2n) is 7.59. The zero-order valence-corrected chi connectivity index (χ0v) is 18.4. The molecule has 0 radical (unpaired) electrons. The maximum Gasteiger partial charge on any atom is 0.230 e. The second-order valence-corrected chi connectivity index (χ2v) is 9.54. The van der Waals surface area contributed by atoms with Crippen LogP contribution in [-0.4, -0.2) is 26.3 Å². The first kappa shape index (κ1) is 19.9. The van der Waals surface area contributed by atoms with Crippen molar-refractivity contribution in [3.8, 4) is 0 Å². The van der Waals surface area contributed by atoms with Gasteiger partial charge in [0.1, 0.15) is 0 Å². The third kappa shape index (κ3) is 4.46. The molecule has 1 amide bonds. The number of amides is 1. The summed E-state index contributed by atoms with van der Waals surface area (Å²) in [6, 6.07) is 16.6. The van der Waals surface area contributed by atoms with E-state index in [1.807, 2.05) is 23.5 Å². The molecule has 7 heteroatoms. The fourth-order valence-corrected chi connectivity index (χ4v) is 5.14. The number of nitrogens with zero attached hydrogens (tertiary/aromatic N) is 3. The monoisotopic (exact) mass is 424 g/mol. The third-order valence-corrected chi connectivity index (χ3v) is 6.69. The van der Waals surface area contributed by atoms with E-state index in [0.717, 1.165) is 27.6 Å². The number of hydrogen-bond acceptors (Lipinski definition) is 5. The van der Waals surface area contributed by atoms with E-state index < -0.39 is 0 Å². The van der Waals surface area contributed by atoms with Crippen LogP contribution >= 0.6 is 23.1 Å². The van der Waals surface area contributed by atoms with E-state index in [9.17, 15) is 4.79 Å². The first-order valence-electron chi connectivity index (χ1n) is 9.75. The molecule has 5 nitrogen and oxygen atoms in total. The Bertz CT molecular complexity index is 1130. The molecule has 2 aromatic heterocycles. The van der Waals surface area contributed by atoms with Crippen LogP contribution < -0.4 is 5.32 Å². The first-order valence-corrected chi connectivity index (χ1v) is 11.5. The fraction of sp³-hybridized carbons (Fsp3) is 0.318. The Morgan fingerprint density at radius 3 is 2.62 bits per heavy atom. The van der Waals surface area contributed by atoms with Crippen LogP contribution in [0, 0.1) is 5.92 Å². The van der Waals surface area contributed by atoms with Crippen molar-refractivity contribution >= 4 is 44.2 Å². The standard InChI is InChI=1S/C22H24N4OS2/c1-14(2)12-16-8-10-17(11-9-16)15(3)23-20(27)13-28-21-24-25-22-26(21)18-6-4-5-7-19(18)29-22/h4-11,14-15H,12-13H2,1-3H3,(H,23,27)/t15-/m1/s1. The van der Waals surface area contributed by atoms with Gasteiger partial charge in [-0.3, -0.25) is 9.20 Å². The number of nitrogens with one attached hydrogen (secondary N) is 1. The lowest BCUT2D eigenvalue weighted by Crippen LogP contribution is -2.28. The molecule has 1 atom stereocenters. The minimum absolute atomic E-state index is 0.00922. The largest absolute Gasteiger partial charge is 0.349 e. The summed E-state index contributed by atoms with van der Waals surface area (Å²) in [5.74, 6) is 0.935. The van der Waals surface area contributed by atoms with Crippen LogP contribution in [0.25, 0.3) is 15.2 Å². The van der Waals surface area contributed by atoms with Gasteiger partial charge in [0.2, 0.25) is 10.9 Å². The first-order chi connectivity index (χ1) is 14.0. The quantitative estimate of drug-likeness (QED) is 0.419. The summed E-state index contributed by atoms with van der Waals surface area (Å²) in [5, 5.41) is 12.3. The van der Waals surface area contributed by atoms with Gasteiger partial charge in [0, 0.05) is 0 Å². The number of para-hydroxylation sites is 1. The number of thioether (sulfide) groups is 1. The Hall–Kier alpha value is -2.38. The van der Waals surface area contributed by atoms with E-state index in [0.29, 0.717) is 11.7 Å². The Kier molecular flexibility index (Phi) is 5.87. The van der Waals surface area contributed by atoms with Gasteiger partial charge in [0.15, 0.2) is 5.16 Å². The topological polar surface area (TPSA) is 59.3 Å². The molecule has 0 bridgehead atoms. The van der Waals surface area contributed by atoms with Crippen molar-refractivity contribution in [2.75, 3.05) is 5.75 Å². The zero-order valence-electron chi connectivity index (χ0n) is 16.8. The molecule has 29 heavy (non-hydrogen) atoms. The molecule has 4 rings (SSSR count). The minimum atomic E-state index is -0.0309. The van der Waals surface area contributed by atoms with E-state index in [1.54, 1.807) is 11.3 Å². The van der Waals surface area contributed by atoms with Crippen LogP contribution in [-0.2, 0) is 11.2 Å². The highest BCUT2D eigenvalue weighted by Gasteiger charge is 2.15. The lowest BCUT2D eigenvalue weighted by Gasteiger charge is -2.15. The van der Waals surface area contributed by atoms with E-state index in [4.69, 9.17) is 0 Å². The Labute approximate surface area is 178 Å². The molecular weight excluding hydrogens is 400 g/mol. The molecule has 0 fully saturated rings. The normalized spacial score (nSPS) is 12.7. The molecule has 0 spiro atoms. The summed E-state index contributed by atoms with van der Waals surface area (Å²) < 4.78 is 3.19. The number of aromatic nitrogens is 3. The summed E-state index contributed by atoms with van der Waals surface area (Å²) in [7, 11) is 0. The van der Waals surface area contributed by atoms with Crippen molar-refractivity contribution in [2.24, 2.45) is 5.92 Å². The summed E-state index contributed by atoms with van der Waals surface area (Å²) in [6.45, 7) is 6.45. The predicted molar refractivity (Wildman–Crippen MR) is 121 cm³/mol. The molecule has 0 saturated heterocycles. The lowest BCUT2D eigenvalue weighted by molar-refractivity contribution is -0.119. The molecule has 2 aromatic carbocycles. The predicted octanol–water partition coefficient (Wildman–Crippen LogP) is 5.11. The minimum Gasteiger partial charge on any atom is -0.349 e. The van der Waals surface area contributed by atoms with Crippen LogP contribution in [0.15, 0.2) is 53.7 Å². The highest BCUT2D eigenvalue weighted by molar-refractivity contribution is 7.99. The van der Waals surface area contributed by atoms with Gasteiger partial charge in [-0.05, 0) is 42.5 Å². The molecule has 0 aliphatic carbocycles. The maximum absolute atomic E-state index is 12.5. The van der Waals surface area contributed by atoms with Crippen molar-refractivity contribution in [2.45, 2.75) is 38.4 Å². The summed E-state index contributed by atoms with van der Waals surface area (Å²) in [6.07, 6.45) is 1.07. The molecule has 1 N–H and O–H groups in total. The highest BCUT2D eigenvalue weighted by atomic mass is 32.2. The fourth-order valence-electron chi connectivity index (χ4n) is 3.36. The van der Waals surface area contributed by atoms with Gasteiger partial charge in [0.25, 0.3) is 0 Å². The van der Waals surface area contributed by atoms with Gasteiger partial charge >= 0.3 is 0 Å². The highest BCUT2D eigenvalue weighted by Crippen LogP contribution is 2.29. The molecule has 0 saturated carbocycles. The van der Waals surface area contributed by atoms with Crippen molar-refractivity contribution in [1.29, 1.82) is 0 Å². The smallest absolute Gasteiger partial charge is 0.230 e. The molecule has 150 valence electrons. The second kappa shape index (κ2) is 8.55. The number of fused-ring (bicyclic) bond motifs is 3. The van der Waals surface area contributed by atoms with Gasteiger partial charge in [-0.2, -0.15) is 0 Å². The van der Waals surface area contributed by atoms with Crippen LogP contribution in [0.4, 0.5) is 0 Å². The van der Waals surface area contributed by atoms with Crippen molar-refractivity contribution in [3.05, 3.63) is 59.7 Å². The molecule has 0 aliphatic rings. The number of carbonyl (C=O) groups is 1. The van der Waals surface area contributed by atoms with Gasteiger partial charge < -0.3 is 5.32 Å². The van der Waals surface area contributed by atoms with Crippen LogP contribution in [0.5, 0.6) is 0 Å². The third-order valence-electron chi connectivity index (χ3n) is 4.74. The molecule has 0 aliphatic heterocycles. The number of rotatable bonds is 7. The lowest BCUT2D eigenvalue weighted by atomic mass is 10.00. The average molecular weight is 425 g/mol. The molecule has 2 heterocycles. The number of carbonyl (C=O) groups excluding carboxylic acids is 1. The van der Waals surface area contributed by atoms with Crippen molar-refractivity contribution in [3.63, 3.8) is 0 Å². The van der Waals surface area contributed by atoms with E-state index >= 15 is 0 Å². The van der Waals surface area contributed by atoms with Gasteiger partial charge in [0.05, 0.1) is 22.0 Å². The SMILES string of the molecule is CC(C)Cc1ccc([C@@H](C)NC(=O)CSc2nnc3sc4ccccc4n23)cc1. The van der Waals surface area contributed by atoms with Crippen molar-refractivity contribution in [1.82, 2.24) is 19.9 Å². The van der Waals surface area contributed by atoms with Gasteiger partial charge in [-0.1, -0.05) is 73.3 Å².